The SMILES string of the molecule is N#CC(CSc1ncc[nH]1)c1ccccc1. The molecule has 3 nitrogen and oxygen atoms in total. The van der Waals surface area contributed by atoms with Crippen LogP contribution in [0.25, 0.3) is 0 Å². The minimum absolute atomic E-state index is 0.0868. The molecule has 0 spiro atoms. The molecule has 0 amide bonds. The second kappa shape index (κ2) is 5.38. The van der Waals surface area contributed by atoms with Crippen LogP contribution in [0, 0.1) is 11.3 Å². The van der Waals surface area contributed by atoms with Crippen molar-refractivity contribution >= 4 is 11.8 Å². The minimum atomic E-state index is -0.0868. The molecule has 0 aliphatic rings. The fraction of sp³-hybridized carbons (Fsp3) is 0.167. The monoisotopic (exact) mass is 229 g/mol. The highest BCUT2D eigenvalue weighted by atomic mass is 32.2. The molecule has 0 bridgehead atoms. The molecule has 80 valence electrons. The van der Waals surface area contributed by atoms with Gasteiger partial charge in [-0.05, 0) is 5.56 Å². The van der Waals surface area contributed by atoms with Gasteiger partial charge in [0, 0.05) is 18.1 Å². The van der Waals surface area contributed by atoms with Gasteiger partial charge in [0.05, 0.1) is 12.0 Å². The van der Waals surface area contributed by atoms with E-state index in [1.807, 2.05) is 30.3 Å². The van der Waals surface area contributed by atoms with E-state index < -0.39 is 0 Å². The second-order valence-corrected chi connectivity index (χ2v) is 4.31. The Kier molecular flexibility index (Phi) is 3.62. The maximum absolute atomic E-state index is 9.11. The highest BCUT2D eigenvalue weighted by molar-refractivity contribution is 7.99. The topological polar surface area (TPSA) is 52.5 Å². The number of benzene rings is 1. The summed E-state index contributed by atoms with van der Waals surface area (Å²) in [4.78, 5) is 7.12. The van der Waals surface area contributed by atoms with Gasteiger partial charge in [-0.3, -0.25) is 0 Å². The normalized spacial score (nSPS) is 11.9. The maximum Gasteiger partial charge on any atom is 0.165 e. The number of hydrogen-bond acceptors (Lipinski definition) is 3. The van der Waals surface area contributed by atoms with E-state index in [2.05, 4.69) is 16.0 Å². The third kappa shape index (κ3) is 2.65. The van der Waals surface area contributed by atoms with Crippen molar-refractivity contribution in [3.05, 3.63) is 48.3 Å². The number of nitrogens with zero attached hydrogens (tertiary/aromatic N) is 2. The largest absolute Gasteiger partial charge is 0.340 e. The molecule has 0 saturated heterocycles. The summed E-state index contributed by atoms with van der Waals surface area (Å²) in [6.07, 6.45) is 3.50. The summed E-state index contributed by atoms with van der Waals surface area (Å²) < 4.78 is 0. The van der Waals surface area contributed by atoms with Crippen molar-refractivity contribution in [2.24, 2.45) is 0 Å². The summed E-state index contributed by atoms with van der Waals surface area (Å²) in [5, 5.41) is 9.97. The highest BCUT2D eigenvalue weighted by Crippen LogP contribution is 2.23. The van der Waals surface area contributed by atoms with Crippen LogP contribution in [-0.4, -0.2) is 15.7 Å². The first-order chi connectivity index (χ1) is 7.90. The zero-order chi connectivity index (χ0) is 11.2. The molecule has 1 heterocycles. The summed E-state index contributed by atoms with van der Waals surface area (Å²) in [6, 6.07) is 12.2. The van der Waals surface area contributed by atoms with Gasteiger partial charge in [-0.15, -0.1) is 0 Å². The lowest BCUT2D eigenvalue weighted by Crippen LogP contribution is -1.98. The van der Waals surface area contributed by atoms with Crippen molar-refractivity contribution < 1.29 is 0 Å². The van der Waals surface area contributed by atoms with E-state index in [1.165, 1.54) is 0 Å². The predicted molar refractivity (Wildman–Crippen MR) is 64.1 cm³/mol. The number of H-pyrrole nitrogens is 1. The van der Waals surface area contributed by atoms with E-state index >= 15 is 0 Å². The summed E-state index contributed by atoms with van der Waals surface area (Å²) in [6.45, 7) is 0. The number of nitrogens with one attached hydrogen (secondary N) is 1. The fourth-order valence-corrected chi connectivity index (χ4v) is 2.26. The van der Waals surface area contributed by atoms with Crippen molar-refractivity contribution in [2.75, 3.05) is 5.75 Å². The summed E-state index contributed by atoms with van der Waals surface area (Å²) >= 11 is 1.57. The Morgan fingerprint density at radius 2 is 2.19 bits per heavy atom. The Labute approximate surface area is 98.5 Å². The Balaban J connectivity index is 2.00. The third-order valence-corrected chi connectivity index (χ3v) is 3.21. The van der Waals surface area contributed by atoms with Crippen molar-refractivity contribution in [1.29, 1.82) is 5.26 Å². The van der Waals surface area contributed by atoms with Crippen LogP contribution in [0.15, 0.2) is 47.9 Å². The van der Waals surface area contributed by atoms with E-state index in [-0.39, 0.29) is 5.92 Å². The third-order valence-electron chi connectivity index (χ3n) is 2.22. The number of aromatic nitrogens is 2. The van der Waals surface area contributed by atoms with Crippen molar-refractivity contribution in [3.63, 3.8) is 0 Å². The fourth-order valence-electron chi connectivity index (χ4n) is 1.39. The molecule has 4 heteroatoms. The molecule has 0 saturated carbocycles. The second-order valence-electron chi connectivity index (χ2n) is 3.30. The number of nitriles is 1. The van der Waals surface area contributed by atoms with Gasteiger partial charge in [0.2, 0.25) is 0 Å². The van der Waals surface area contributed by atoms with E-state index in [0.717, 1.165) is 10.7 Å². The zero-order valence-electron chi connectivity index (χ0n) is 8.63. The van der Waals surface area contributed by atoms with Crippen LogP contribution >= 0.6 is 11.8 Å². The molecule has 0 aliphatic carbocycles. The van der Waals surface area contributed by atoms with E-state index in [9.17, 15) is 0 Å². The predicted octanol–water partition coefficient (Wildman–Crippen LogP) is 2.81. The molecule has 16 heavy (non-hydrogen) atoms. The molecule has 1 unspecified atom stereocenters. The minimum Gasteiger partial charge on any atom is -0.340 e. The number of rotatable bonds is 4. The lowest BCUT2D eigenvalue weighted by Gasteiger charge is -2.07. The van der Waals surface area contributed by atoms with Gasteiger partial charge in [-0.25, -0.2) is 4.98 Å². The molecule has 0 fully saturated rings. The molecule has 2 aromatic rings. The van der Waals surface area contributed by atoms with Gasteiger partial charge in [0.15, 0.2) is 5.16 Å². The Morgan fingerprint density at radius 1 is 1.38 bits per heavy atom. The molecule has 2 rings (SSSR count). The quantitative estimate of drug-likeness (QED) is 0.820. The van der Waals surface area contributed by atoms with E-state index in [4.69, 9.17) is 5.26 Å². The van der Waals surface area contributed by atoms with Crippen LogP contribution in [0.2, 0.25) is 0 Å². The van der Waals surface area contributed by atoms with Gasteiger partial charge >= 0.3 is 0 Å². The van der Waals surface area contributed by atoms with E-state index in [1.54, 1.807) is 24.2 Å². The highest BCUT2D eigenvalue weighted by Gasteiger charge is 2.11. The molecule has 1 N–H and O–H groups in total. The average molecular weight is 229 g/mol. The smallest absolute Gasteiger partial charge is 0.165 e. The lowest BCUT2D eigenvalue weighted by atomic mass is 10.0. The van der Waals surface area contributed by atoms with Gasteiger partial charge in [0.25, 0.3) is 0 Å². The van der Waals surface area contributed by atoms with Gasteiger partial charge in [-0.2, -0.15) is 5.26 Å². The first-order valence-electron chi connectivity index (χ1n) is 4.97. The van der Waals surface area contributed by atoms with Crippen LogP contribution in [0.4, 0.5) is 0 Å². The van der Waals surface area contributed by atoms with Crippen LogP contribution < -0.4 is 0 Å². The van der Waals surface area contributed by atoms with Crippen molar-refractivity contribution in [1.82, 2.24) is 9.97 Å². The van der Waals surface area contributed by atoms with Crippen LogP contribution in [0.1, 0.15) is 11.5 Å². The van der Waals surface area contributed by atoms with Crippen molar-refractivity contribution in [3.8, 4) is 6.07 Å². The first-order valence-corrected chi connectivity index (χ1v) is 5.95. The number of aromatic amines is 1. The zero-order valence-corrected chi connectivity index (χ0v) is 9.45. The standard InChI is InChI=1S/C12H11N3S/c13-8-11(10-4-2-1-3-5-10)9-16-12-14-6-7-15-12/h1-7,11H,9H2,(H,14,15). The molecular weight excluding hydrogens is 218 g/mol. The van der Waals surface area contributed by atoms with Gasteiger partial charge in [0.1, 0.15) is 0 Å². The van der Waals surface area contributed by atoms with Crippen LogP contribution in [0.3, 0.4) is 0 Å². The first kappa shape index (κ1) is 10.8. The molecule has 0 radical (unpaired) electrons. The van der Waals surface area contributed by atoms with Crippen LogP contribution in [-0.2, 0) is 0 Å². The number of thioether (sulfide) groups is 1. The molecular formula is C12H11N3S. The average Bonchev–Trinajstić information content (AvgIpc) is 2.84. The summed E-state index contributed by atoms with van der Waals surface area (Å²) in [5.41, 5.74) is 1.06. The number of hydrogen-bond donors (Lipinski definition) is 1. The molecule has 1 aromatic carbocycles. The van der Waals surface area contributed by atoms with Crippen molar-refractivity contribution in [2.45, 2.75) is 11.1 Å². The Morgan fingerprint density at radius 3 is 2.81 bits per heavy atom. The molecule has 1 aromatic heterocycles. The Bertz CT molecular complexity index is 459. The lowest BCUT2D eigenvalue weighted by molar-refractivity contribution is 0.981. The number of imidazole rings is 1. The van der Waals surface area contributed by atoms with Gasteiger partial charge < -0.3 is 4.98 Å². The maximum atomic E-state index is 9.11. The Hall–Kier alpha value is -1.73. The van der Waals surface area contributed by atoms with Crippen LogP contribution in [0.5, 0.6) is 0 Å². The molecule has 1 atom stereocenters. The summed E-state index contributed by atoms with van der Waals surface area (Å²) in [7, 11) is 0. The molecule has 0 aliphatic heterocycles. The van der Waals surface area contributed by atoms with Gasteiger partial charge in [-0.1, -0.05) is 42.1 Å². The summed E-state index contributed by atoms with van der Waals surface area (Å²) in [5.74, 6) is 0.630. The van der Waals surface area contributed by atoms with E-state index in [0.29, 0.717) is 5.75 Å².